The molecule has 52 valence electrons. The molecule has 0 saturated carbocycles. The Morgan fingerprint density at radius 3 is 3.09 bits per heavy atom. The highest BCUT2D eigenvalue weighted by Gasteiger charge is 1.79. The van der Waals surface area contributed by atoms with Gasteiger partial charge in [-0.15, -0.1) is 5.73 Å². The highest BCUT2D eigenvalue weighted by Crippen LogP contribution is 1.95. The van der Waals surface area contributed by atoms with Gasteiger partial charge in [0, 0.05) is 18.0 Å². The van der Waals surface area contributed by atoms with Gasteiger partial charge in [0.2, 0.25) is 0 Å². The van der Waals surface area contributed by atoms with E-state index in [1.54, 1.807) is 18.5 Å². The minimum absolute atomic E-state index is 0.944. The smallest absolute Gasteiger partial charge is 0.0996 e. The Labute approximate surface area is 65.1 Å². The lowest BCUT2D eigenvalue weighted by molar-refractivity contribution is 1.32. The maximum Gasteiger partial charge on any atom is 0.0996 e. The summed E-state index contributed by atoms with van der Waals surface area (Å²) in [7, 11) is 0. The summed E-state index contributed by atoms with van der Waals surface area (Å²) in [6, 6.07) is 5.58. The normalized spacial score (nSPS) is 7.55. The Bertz CT molecular complexity index is 313. The molecule has 0 spiro atoms. The summed E-state index contributed by atoms with van der Waals surface area (Å²) in [4.78, 5) is 3.90. The van der Waals surface area contributed by atoms with E-state index in [-0.39, 0.29) is 0 Å². The van der Waals surface area contributed by atoms with Gasteiger partial charge in [-0.25, -0.2) is 0 Å². The first kappa shape index (κ1) is 7.27. The molecule has 0 aliphatic rings. The molecule has 11 heavy (non-hydrogen) atoms. The molecule has 0 fully saturated rings. The van der Waals surface area contributed by atoms with Crippen molar-refractivity contribution in [2.24, 2.45) is 0 Å². The van der Waals surface area contributed by atoms with Crippen molar-refractivity contribution in [3.05, 3.63) is 41.9 Å². The standard InChI is InChI=1S/C9H6N2/c10-6-2-1-4-9-5-3-7-11-8-9/h2-5,7-8H. The van der Waals surface area contributed by atoms with Gasteiger partial charge in [-0.2, -0.15) is 5.26 Å². The second-order valence-corrected chi connectivity index (χ2v) is 1.87. The lowest BCUT2D eigenvalue weighted by Gasteiger charge is -1.84. The van der Waals surface area contributed by atoms with Crippen LogP contribution in [0.25, 0.3) is 6.08 Å². The van der Waals surface area contributed by atoms with Crippen molar-refractivity contribution < 1.29 is 0 Å². The van der Waals surface area contributed by atoms with Gasteiger partial charge in [0.05, 0.1) is 12.1 Å². The van der Waals surface area contributed by atoms with Crippen LogP contribution in [0.5, 0.6) is 0 Å². The molecule has 2 nitrogen and oxygen atoms in total. The molecule has 0 unspecified atom stereocenters. The van der Waals surface area contributed by atoms with E-state index in [9.17, 15) is 0 Å². The van der Waals surface area contributed by atoms with Crippen LogP contribution in [0.1, 0.15) is 5.56 Å². The van der Waals surface area contributed by atoms with E-state index in [4.69, 9.17) is 5.26 Å². The molecule has 1 rings (SSSR count). The maximum atomic E-state index is 8.14. The molecule has 0 aliphatic heterocycles. The monoisotopic (exact) mass is 142 g/mol. The Hall–Kier alpha value is -1.84. The molecule has 1 aromatic rings. The van der Waals surface area contributed by atoms with E-state index in [0.717, 1.165) is 5.56 Å². The molecule has 2 heteroatoms. The van der Waals surface area contributed by atoms with Crippen LogP contribution in [0.3, 0.4) is 0 Å². The predicted octanol–water partition coefficient (Wildman–Crippen LogP) is 1.77. The van der Waals surface area contributed by atoms with Crippen LogP contribution in [0, 0.1) is 11.3 Å². The molecule has 0 radical (unpaired) electrons. The first-order chi connectivity index (χ1) is 5.43. The van der Waals surface area contributed by atoms with Crippen molar-refractivity contribution in [3.63, 3.8) is 0 Å². The van der Waals surface area contributed by atoms with E-state index in [1.165, 1.54) is 6.08 Å². The Kier molecular flexibility index (Phi) is 2.68. The van der Waals surface area contributed by atoms with Gasteiger partial charge in [0.1, 0.15) is 0 Å². The summed E-state index contributed by atoms with van der Waals surface area (Å²) in [5.41, 5.74) is 3.64. The number of hydrogen-bond acceptors (Lipinski definition) is 2. The molecule has 0 bridgehead atoms. The van der Waals surface area contributed by atoms with Gasteiger partial charge in [0.25, 0.3) is 0 Å². The third-order valence-electron chi connectivity index (χ3n) is 1.08. The molecule has 0 aliphatic carbocycles. The fourth-order valence-electron chi connectivity index (χ4n) is 0.637. The summed E-state index contributed by atoms with van der Waals surface area (Å²) in [6.45, 7) is 0. The molecule has 0 saturated heterocycles. The van der Waals surface area contributed by atoms with Gasteiger partial charge in [0.15, 0.2) is 0 Å². The fourth-order valence-corrected chi connectivity index (χ4v) is 0.637. The van der Waals surface area contributed by atoms with E-state index < -0.39 is 0 Å². The van der Waals surface area contributed by atoms with Crippen molar-refractivity contribution in [3.8, 4) is 6.07 Å². The van der Waals surface area contributed by atoms with Gasteiger partial charge < -0.3 is 0 Å². The Balaban J connectivity index is 2.82. The van der Waals surface area contributed by atoms with Crippen LogP contribution in [0.2, 0.25) is 0 Å². The lowest BCUT2D eigenvalue weighted by Crippen LogP contribution is -1.70. The zero-order valence-electron chi connectivity index (χ0n) is 5.86. The van der Waals surface area contributed by atoms with Gasteiger partial charge in [-0.05, 0) is 12.1 Å². The maximum absolute atomic E-state index is 8.14. The predicted molar refractivity (Wildman–Crippen MR) is 42.4 cm³/mol. The number of allylic oxidation sites excluding steroid dienone is 1. The average Bonchev–Trinajstić information content (AvgIpc) is 2.07. The molecule has 0 aromatic carbocycles. The quantitative estimate of drug-likeness (QED) is 0.442. The minimum Gasteiger partial charge on any atom is -0.264 e. The van der Waals surface area contributed by atoms with E-state index >= 15 is 0 Å². The molecule has 0 amide bonds. The van der Waals surface area contributed by atoms with Crippen LogP contribution >= 0.6 is 0 Å². The number of nitrogens with zero attached hydrogens (tertiary/aromatic N) is 2. The molecule has 0 atom stereocenters. The third kappa shape index (κ3) is 2.49. The zero-order valence-corrected chi connectivity index (χ0v) is 5.86. The molecule has 1 aromatic heterocycles. The molecular weight excluding hydrogens is 136 g/mol. The van der Waals surface area contributed by atoms with Crippen LogP contribution < -0.4 is 0 Å². The van der Waals surface area contributed by atoms with Crippen LogP contribution in [-0.4, -0.2) is 4.98 Å². The van der Waals surface area contributed by atoms with Crippen LogP contribution in [-0.2, 0) is 0 Å². The Morgan fingerprint density at radius 2 is 2.45 bits per heavy atom. The average molecular weight is 142 g/mol. The van der Waals surface area contributed by atoms with Gasteiger partial charge >= 0.3 is 0 Å². The zero-order chi connectivity index (χ0) is 7.94. The highest BCUT2D eigenvalue weighted by molar-refractivity contribution is 5.47. The summed E-state index contributed by atoms with van der Waals surface area (Å²) >= 11 is 0. The van der Waals surface area contributed by atoms with Crippen molar-refractivity contribution in [2.75, 3.05) is 0 Å². The number of pyridine rings is 1. The summed E-state index contributed by atoms with van der Waals surface area (Å²) in [6.07, 6.45) is 6.41. The molecule has 0 N–H and O–H groups in total. The number of rotatable bonds is 1. The minimum atomic E-state index is 0.944. The number of aromatic nitrogens is 1. The van der Waals surface area contributed by atoms with Crippen molar-refractivity contribution in [2.45, 2.75) is 0 Å². The summed E-state index contributed by atoms with van der Waals surface area (Å²) in [5.74, 6) is 0. The molecule has 1 heterocycles. The molecular formula is C9H6N2. The van der Waals surface area contributed by atoms with Gasteiger partial charge in [-0.3, -0.25) is 4.98 Å². The van der Waals surface area contributed by atoms with E-state index in [0.29, 0.717) is 0 Å². The topological polar surface area (TPSA) is 36.7 Å². The summed E-state index contributed by atoms with van der Waals surface area (Å²) < 4.78 is 0. The highest BCUT2D eigenvalue weighted by atomic mass is 14.6. The first-order valence-electron chi connectivity index (χ1n) is 3.14. The SMILES string of the molecule is N#CC=C=Cc1cccnc1. The number of hydrogen-bond donors (Lipinski definition) is 0. The van der Waals surface area contributed by atoms with Gasteiger partial charge in [-0.1, -0.05) is 6.07 Å². The first-order valence-corrected chi connectivity index (χ1v) is 3.14. The third-order valence-corrected chi connectivity index (χ3v) is 1.08. The van der Waals surface area contributed by atoms with Crippen LogP contribution in [0.15, 0.2) is 36.3 Å². The second-order valence-electron chi connectivity index (χ2n) is 1.87. The Morgan fingerprint density at radius 1 is 1.55 bits per heavy atom. The number of nitriles is 1. The van der Waals surface area contributed by atoms with Crippen molar-refractivity contribution in [1.29, 1.82) is 5.26 Å². The lowest BCUT2D eigenvalue weighted by atomic mass is 10.3. The summed E-state index contributed by atoms with van der Waals surface area (Å²) in [5, 5.41) is 8.14. The van der Waals surface area contributed by atoms with Crippen molar-refractivity contribution >= 4 is 6.08 Å². The van der Waals surface area contributed by atoms with E-state index in [1.807, 2.05) is 18.2 Å². The largest absolute Gasteiger partial charge is 0.264 e. The second kappa shape index (κ2) is 4.05. The van der Waals surface area contributed by atoms with E-state index in [2.05, 4.69) is 10.7 Å². The van der Waals surface area contributed by atoms with Crippen LogP contribution in [0.4, 0.5) is 0 Å². The van der Waals surface area contributed by atoms with Crippen molar-refractivity contribution in [1.82, 2.24) is 4.98 Å². The fraction of sp³-hybridized carbons (Fsp3) is 0.